The summed E-state index contributed by atoms with van der Waals surface area (Å²) in [7, 11) is 0. The van der Waals surface area contributed by atoms with Gasteiger partial charge in [-0.3, -0.25) is 0 Å². The molecule has 2 atom stereocenters. The second-order valence-electron chi connectivity index (χ2n) is 4.28. The van der Waals surface area contributed by atoms with Crippen molar-refractivity contribution in [1.82, 2.24) is 0 Å². The average molecular weight is 237 g/mol. The zero-order valence-electron chi connectivity index (χ0n) is 9.90. The summed E-state index contributed by atoms with van der Waals surface area (Å²) in [5, 5.41) is 3.59. The number of hydrogen-bond acceptors (Lipinski definition) is 3. The van der Waals surface area contributed by atoms with Crippen molar-refractivity contribution in [2.75, 3.05) is 18.2 Å². The number of ether oxygens (including phenoxy) is 1. The van der Waals surface area contributed by atoms with Crippen molar-refractivity contribution in [2.24, 2.45) is 0 Å². The Balaban J connectivity index is 1.97. The van der Waals surface area contributed by atoms with Crippen molar-refractivity contribution >= 4 is 17.4 Å². The van der Waals surface area contributed by atoms with Gasteiger partial charge in [-0.05, 0) is 44.2 Å². The van der Waals surface area contributed by atoms with E-state index in [2.05, 4.69) is 42.8 Å². The van der Waals surface area contributed by atoms with E-state index in [4.69, 9.17) is 4.74 Å². The van der Waals surface area contributed by atoms with E-state index < -0.39 is 0 Å². The van der Waals surface area contributed by atoms with Crippen LogP contribution in [-0.4, -0.2) is 25.0 Å². The van der Waals surface area contributed by atoms with Gasteiger partial charge in [-0.15, -0.1) is 11.8 Å². The molecule has 1 aliphatic rings. The van der Waals surface area contributed by atoms with E-state index in [0.717, 1.165) is 19.4 Å². The number of benzene rings is 1. The standard InChI is InChI=1S/C13H19NOS/c1-10-8-12(6-7-15-10)14-11-4-3-5-13(9-11)16-2/h3-5,9-10,12,14H,6-8H2,1-2H3. The monoisotopic (exact) mass is 237 g/mol. The van der Waals surface area contributed by atoms with E-state index in [-0.39, 0.29) is 0 Å². The Bertz CT molecular complexity index is 342. The van der Waals surface area contributed by atoms with Gasteiger partial charge >= 0.3 is 0 Å². The van der Waals surface area contributed by atoms with E-state index in [0.29, 0.717) is 12.1 Å². The van der Waals surface area contributed by atoms with Gasteiger partial charge in [0, 0.05) is 23.2 Å². The van der Waals surface area contributed by atoms with E-state index in [1.807, 2.05) is 0 Å². The van der Waals surface area contributed by atoms with Crippen LogP contribution in [0.4, 0.5) is 5.69 Å². The first-order chi connectivity index (χ1) is 7.78. The van der Waals surface area contributed by atoms with Crippen LogP contribution in [-0.2, 0) is 4.74 Å². The van der Waals surface area contributed by atoms with Crippen LogP contribution in [0.1, 0.15) is 19.8 Å². The number of rotatable bonds is 3. The number of thioether (sulfide) groups is 1. The second kappa shape index (κ2) is 5.60. The molecule has 0 saturated carbocycles. The van der Waals surface area contributed by atoms with E-state index in [9.17, 15) is 0 Å². The molecule has 0 amide bonds. The molecule has 2 rings (SSSR count). The zero-order chi connectivity index (χ0) is 11.4. The van der Waals surface area contributed by atoms with E-state index in [1.54, 1.807) is 11.8 Å². The molecule has 2 nitrogen and oxygen atoms in total. The van der Waals surface area contributed by atoms with Crippen LogP contribution in [0, 0.1) is 0 Å². The Kier molecular flexibility index (Phi) is 4.13. The van der Waals surface area contributed by atoms with Crippen molar-refractivity contribution in [3.63, 3.8) is 0 Å². The maximum atomic E-state index is 5.55. The lowest BCUT2D eigenvalue weighted by molar-refractivity contribution is 0.0232. The number of hydrogen-bond donors (Lipinski definition) is 1. The first kappa shape index (κ1) is 11.8. The smallest absolute Gasteiger partial charge is 0.0566 e. The van der Waals surface area contributed by atoms with Crippen molar-refractivity contribution in [3.05, 3.63) is 24.3 Å². The summed E-state index contributed by atoms with van der Waals surface area (Å²) in [5.41, 5.74) is 1.23. The van der Waals surface area contributed by atoms with Gasteiger partial charge in [0.15, 0.2) is 0 Å². The number of anilines is 1. The van der Waals surface area contributed by atoms with Gasteiger partial charge in [0.1, 0.15) is 0 Å². The highest BCUT2D eigenvalue weighted by atomic mass is 32.2. The third-order valence-electron chi connectivity index (χ3n) is 2.93. The van der Waals surface area contributed by atoms with Crippen LogP contribution in [0.25, 0.3) is 0 Å². The molecule has 0 aromatic heterocycles. The molecule has 0 radical (unpaired) electrons. The Morgan fingerprint density at radius 1 is 1.44 bits per heavy atom. The molecule has 1 saturated heterocycles. The van der Waals surface area contributed by atoms with E-state index in [1.165, 1.54) is 10.6 Å². The summed E-state index contributed by atoms with van der Waals surface area (Å²) in [6, 6.07) is 9.16. The fourth-order valence-electron chi connectivity index (χ4n) is 2.08. The summed E-state index contributed by atoms with van der Waals surface area (Å²) < 4.78 is 5.55. The highest BCUT2D eigenvalue weighted by Gasteiger charge is 2.18. The molecule has 16 heavy (non-hydrogen) atoms. The quantitative estimate of drug-likeness (QED) is 0.814. The minimum atomic E-state index is 0.384. The Morgan fingerprint density at radius 3 is 3.06 bits per heavy atom. The minimum Gasteiger partial charge on any atom is -0.382 e. The average Bonchev–Trinajstić information content (AvgIpc) is 2.29. The van der Waals surface area contributed by atoms with E-state index >= 15 is 0 Å². The van der Waals surface area contributed by atoms with Crippen LogP contribution >= 0.6 is 11.8 Å². The molecule has 1 aromatic carbocycles. The molecule has 0 aliphatic carbocycles. The van der Waals surface area contributed by atoms with Crippen molar-refractivity contribution in [1.29, 1.82) is 0 Å². The normalized spacial score (nSPS) is 25.4. The first-order valence-electron chi connectivity index (χ1n) is 5.80. The number of nitrogens with one attached hydrogen (secondary N) is 1. The Morgan fingerprint density at radius 2 is 2.31 bits per heavy atom. The molecule has 1 aliphatic heterocycles. The summed E-state index contributed by atoms with van der Waals surface area (Å²) >= 11 is 1.78. The highest BCUT2D eigenvalue weighted by Crippen LogP contribution is 2.22. The molecule has 1 N–H and O–H groups in total. The maximum Gasteiger partial charge on any atom is 0.0566 e. The SMILES string of the molecule is CSc1cccc(NC2CCOC(C)C2)c1. The molecule has 1 fully saturated rings. The third kappa shape index (κ3) is 3.16. The van der Waals surface area contributed by atoms with Crippen LogP contribution in [0.3, 0.4) is 0 Å². The molecule has 3 heteroatoms. The van der Waals surface area contributed by atoms with Gasteiger partial charge in [0.2, 0.25) is 0 Å². The van der Waals surface area contributed by atoms with Gasteiger partial charge < -0.3 is 10.1 Å². The minimum absolute atomic E-state index is 0.384. The van der Waals surface area contributed by atoms with Crippen LogP contribution in [0.2, 0.25) is 0 Å². The van der Waals surface area contributed by atoms with Crippen molar-refractivity contribution in [2.45, 2.75) is 36.8 Å². The Hall–Kier alpha value is -0.670. The summed E-state index contributed by atoms with van der Waals surface area (Å²) in [5.74, 6) is 0. The van der Waals surface area contributed by atoms with Gasteiger partial charge in [-0.2, -0.15) is 0 Å². The van der Waals surface area contributed by atoms with Gasteiger partial charge in [0.25, 0.3) is 0 Å². The predicted octanol–water partition coefficient (Wildman–Crippen LogP) is 3.39. The Labute approximate surface area is 102 Å². The van der Waals surface area contributed by atoms with Gasteiger partial charge in [-0.1, -0.05) is 6.07 Å². The van der Waals surface area contributed by atoms with Gasteiger partial charge in [0.05, 0.1) is 6.10 Å². The van der Waals surface area contributed by atoms with Crippen molar-refractivity contribution in [3.8, 4) is 0 Å². The third-order valence-corrected chi connectivity index (χ3v) is 3.65. The molecular formula is C13H19NOS. The second-order valence-corrected chi connectivity index (χ2v) is 5.16. The zero-order valence-corrected chi connectivity index (χ0v) is 10.7. The predicted molar refractivity (Wildman–Crippen MR) is 70.3 cm³/mol. The lowest BCUT2D eigenvalue weighted by Crippen LogP contribution is -2.32. The van der Waals surface area contributed by atoms with Crippen molar-refractivity contribution < 1.29 is 4.74 Å². The topological polar surface area (TPSA) is 21.3 Å². The fraction of sp³-hybridized carbons (Fsp3) is 0.538. The van der Waals surface area contributed by atoms with Crippen LogP contribution < -0.4 is 5.32 Å². The van der Waals surface area contributed by atoms with Crippen LogP contribution in [0.5, 0.6) is 0 Å². The lowest BCUT2D eigenvalue weighted by atomic mass is 10.0. The molecule has 0 bridgehead atoms. The lowest BCUT2D eigenvalue weighted by Gasteiger charge is -2.28. The molecule has 88 valence electrons. The molecule has 1 heterocycles. The molecule has 2 unspecified atom stereocenters. The summed E-state index contributed by atoms with van der Waals surface area (Å²) in [6.45, 7) is 3.02. The molecular weight excluding hydrogens is 218 g/mol. The molecule has 0 spiro atoms. The highest BCUT2D eigenvalue weighted by molar-refractivity contribution is 7.98. The first-order valence-corrected chi connectivity index (χ1v) is 7.02. The molecule has 1 aromatic rings. The van der Waals surface area contributed by atoms with Crippen LogP contribution in [0.15, 0.2) is 29.2 Å². The summed E-state index contributed by atoms with van der Waals surface area (Å²) in [6.07, 6.45) is 4.70. The largest absolute Gasteiger partial charge is 0.382 e. The van der Waals surface area contributed by atoms with Gasteiger partial charge in [-0.25, -0.2) is 0 Å². The summed E-state index contributed by atoms with van der Waals surface area (Å²) in [4.78, 5) is 1.31. The fourth-order valence-corrected chi connectivity index (χ4v) is 2.54. The maximum absolute atomic E-state index is 5.55.